The van der Waals surface area contributed by atoms with E-state index in [9.17, 15) is 0 Å². The standard InChI is InChI=1S/C8H19IO3Si/c1-10-13(11-2,12-3)8-6-4-5-7-9/h4-8H2,1-3H3. The summed E-state index contributed by atoms with van der Waals surface area (Å²) in [6.07, 6.45) is 3.63. The molecule has 3 nitrogen and oxygen atoms in total. The molecule has 0 spiro atoms. The largest absolute Gasteiger partial charge is 0.500 e. The predicted molar refractivity (Wildman–Crippen MR) is 64.3 cm³/mol. The van der Waals surface area contributed by atoms with Crippen molar-refractivity contribution in [2.24, 2.45) is 0 Å². The van der Waals surface area contributed by atoms with Gasteiger partial charge in [-0.2, -0.15) is 0 Å². The first-order chi connectivity index (χ1) is 6.24. The van der Waals surface area contributed by atoms with Gasteiger partial charge in [-0.1, -0.05) is 29.0 Å². The zero-order valence-electron chi connectivity index (χ0n) is 8.64. The minimum Gasteiger partial charge on any atom is -0.377 e. The Morgan fingerprint density at radius 1 is 0.923 bits per heavy atom. The van der Waals surface area contributed by atoms with Gasteiger partial charge in [-0.05, 0) is 17.3 Å². The normalized spacial score (nSPS) is 12.0. The van der Waals surface area contributed by atoms with Crippen molar-refractivity contribution in [2.75, 3.05) is 25.8 Å². The Kier molecular flexibility index (Phi) is 8.68. The maximum Gasteiger partial charge on any atom is 0.500 e. The summed E-state index contributed by atoms with van der Waals surface area (Å²) in [5, 5.41) is 0. The molecule has 0 saturated carbocycles. The molecule has 0 rings (SSSR count). The van der Waals surface area contributed by atoms with Crippen LogP contribution >= 0.6 is 22.6 Å². The Hall–Kier alpha value is 0.827. The van der Waals surface area contributed by atoms with Gasteiger partial charge in [0, 0.05) is 27.4 Å². The second-order valence-electron chi connectivity index (χ2n) is 2.80. The summed E-state index contributed by atoms with van der Waals surface area (Å²) in [6.45, 7) is 0. The summed E-state index contributed by atoms with van der Waals surface area (Å²) in [5.74, 6) is 0. The molecule has 0 aromatic carbocycles. The van der Waals surface area contributed by atoms with E-state index < -0.39 is 8.80 Å². The van der Waals surface area contributed by atoms with Crippen molar-refractivity contribution in [1.29, 1.82) is 0 Å². The Morgan fingerprint density at radius 3 is 1.85 bits per heavy atom. The smallest absolute Gasteiger partial charge is 0.377 e. The maximum absolute atomic E-state index is 5.31. The molecular formula is C8H19IO3Si. The molecule has 0 fully saturated rings. The van der Waals surface area contributed by atoms with Gasteiger partial charge >= 0.3 is 8.80 Å². The lowest BCUT2D eigenvalue weighted by Crippen LogP contribution is -2.42. The highest BCUT2D eigenvalue weighted by molar-refractivity contribution is 14.1. The molecule has 0 N–H and O–H groups in total. The van der Waals surface area contributed by atoms with Crippen molar-refractivity contribution in [1.82, 2.24) is 0 Å². The van der Waals surface area contributed by atoms with E-state index >= 15 is 0 Å². The molecule has 0 aliphatic heterocycles. The SMILES string of the molecule is CO[Si](CCCCCI)(OC)OC. The predicted octanol–water partition coefficient (Wildman–Crippen LogP) is 2.47. The summed E-state index contributed by atoms with van der Waals surface area (Å²) >= 11 is 2.39. The molecule has 0 bridgehead atoms. The highest BCUT2D eigenvalue weighted by atomic mass is 127. The molecule has 0 unspecified atom stereocenters. The number of unbranched alkanes of at least 4 members (excludes halogenated alkanes) is 2. The fraction of sp³-hybridized carbons (Fsp3) is 1.00. The van der Waals surface area contributed by atoms with Gasteiger partial charge < -0.3 is 13.3 Å². The minimum atomic E-state index is -2.27. The number of halogens is 1. The zero-order valence-corrected chi connectivity index (χ0v) is 11.8. The molecule has 0 heterocycles. The van der Waals surface area contributed by atoms with E-state index in [0.29, 0.717) is 0 Å². The molecule has 0 aromatic heterocycles. The van der Waals surface area contributed by atoms with E-state index in [-0.39, 0.29) is 0 Å². The van der Waals surface area contributed by atoms with Crippen molar-refractivity contribution >= 4 is 31.4 Å². The number of hydrogen-bond acceptors (Lipinski definition) is 3. The molecule has 0 aromatic rings. The Morgan fingerprint density at radius 2 is 1.46 bits per heavy atom. The molecule has 5 heteroatoms. The van der Waals surface area contributed by atoms with Crippen LogP contribution in [0.1, 0.15) is 19.3 Å². The van der Waals surface area contributed by atoms with Gasteiger partial charge in [0.05, 0.1) is 0 Å². The lowest BCUT2D eigenvalue weighted by Gasteiger charge is -2.24. The van der Waals surface area contributed by atoms with Crippen LogP contribution in [-0.2, 0) is 13.3 Å². The molecule has 13 heavy (non-hydrogen) atoms. The van der Waals surface area contributed by atoms with Gasteiger partial charge in [0.15, 0.2) is 0 Å². The number of rotatable bonds is 8. The number of hydrogen-bond donors (Lipinski definition) is 0. The third kappa shape index (κ3) is 5.31. The molecule has 0 amide bonds. The monoisotopic (exact) mass is 318 g/mol. The fourth-order valence-electron chi connectivity index (χ4n) is 1.17. The van der Waals surface area contributed by atoms with Crippen molar-refractivity contribution in [2.45, 2.75) is 25.3 Å². The van der Waals surface area contributed by atoms with Crippen molar-refractivity contribution < 1.29 is 13.3 Å². The first kappa shape index (κ1) is 13.8. The van der Waals surface area contributed by atoms with E-state index in [1.807, 2.05) is 0 Å². The third-order valence-corrected chi connectivity index (χ3v) is 5.64. The second kappa shape index (κ2) is 8.16. The van der Waals surface area contributed by atoms with Crippen LogP contribution in [0, 0.1) is 0 Å². The Labute approximate surface area is 95.6 Å². The van der Waals surface area contributed by atoms with Crippen LogP contribution in [0.15, 0.2) is 0 Å². The van der Waals surface area contributed by atoms with Gasteiger partial charge in [-0.25, -0.2) is 0 Å². The average molecular weight is 318 g/mol. The highest BCUT2D eigenvalue weighted by Gasteiger charge is 2.36. The zero-order chi connectivity index (χ0) is 10.2. The van der Waals surface area contributed by atoms with Crippen LogP contribution in [-0.4, -0.2) is 34.6 Å². The molecule has 0 saturated heterocycles. The van der Waals surface area contributed by atoms with Crippen LogP contribution in [0.5, 0.6) is 0 Å². The van der Waals surface area contributed by atoms with Crippen molar-refractivity contribution in [3.63, 3.8) is 0 Å². The third-order valence-electron chi connectivity index (χ3n) is 2.05. The summed E-state index contributed by atoms with van der Waals surface area (Å²) in [4.78, 5) is 0. The molecule has 0 aliphatic carbocycles. The molecule has 0 aliphatic rings. The highest BCUT2D eigenvalue weighted by Crippen LogP contribution is 2.17. The quantitative estimate of drug-likeness (QED) is 0.298. The van der Waals surface area contributed by atoms with E-state index in [1.165, 1.54) is 17.3 Å². The fourth-order valence-corrected chi connectivity index (χ4v) is 3.50. The molecular weight excluding hydrogens is 299 g/mol. The first-order valence-electron chi connectivity index (χ1n) is 4.46. The van der Waals surface area contributed by atoms with Crippen LogP contribution < -0.4 is 0 Å². The lowest BCUT2D eigenvalue weighted by molar-refractivity contribution is 0.123. The topological polar surface area (TPSA) is 27.7 Å². The van der Waals surface area contributed by atoms with Crippen LogP contribution in [0.2, 0.25) is 6.04 Å². The van der Waals surface area contributed by atoms with E-state index in [0.717, 1.165) is 12.5 Å². The van der Waals surface area contributed by atoms with E-state index in [2.05, 4.69) is 22.6 Å². The van der Waals surface area contributed by atoms with Crippen molar-refractivity contribution in [3.05, 3.63) is 0 Å². The van der Waals surface area contributed by atoms with E-state index in [4.69, 9.17) is 13.3 Å². The lowest BCUT2D eigenvalue weighted by atomic mass is 10.3. The van der Waals surface area contributed by atoms with Gasteiger partial charge in [-0.15, -0.1) is 0 Å². The van der Waals surface area contributed by atoms with Gasteiger partial charge in [0.2, 0.25) is 0 Å². The summed E-state index contributed by atoms with van der Waals surface area (Å²) in [6, 6.07) is 0.924. The summed E-state index contributed by atoms with van der Waals surface area (Å²) in [5.41, 5.74) is 0. The van der Waals surface area contributed by atoms with Crippen LogP contribution in [0.3, 0.4) is 0 Å². The van der Waals surface area contributed by atoms with Gasteiger partial charge in [0.1, 0.15) is 0 Å². The van der Waals surface area contributed by atoms with Crippen molar-refractivity contribution in [3.8, 4) is 0 Å². The van der Waals surface area contributed by atoms with Gasteiger partial charge in [-0.3, -0.25) is 0 Å². The van der Waals surface area contributed by atoms with Crippen LogP contribution in [0.25, 0.3) is 0 Å². The first-order valence-corrected chi connectivity index (χ1v) is 7.92. The molecule has 0 radical (unpaired) electrons. The average Bonchev–Trinajstić information content (AvgIpc) is 2.20. The Balaban J connectivity index is 3.68. The minimum absolute atomic E-state index is 0.924. The van der Waals surface area contributed by atoms with E-state index in [1.54, 1.807) is 21.3 Å². The summed E-state index contributed by atoms with van der Waals surface area (Å²) < 4.78 is 17.1. The summed E-state index contributed by atoms with van der Waals surface area (Å²) in [7, 11) is 2.72. The molecule has 0 atom stereocenters. The van der Waals surface area contributed by atoms with Crippen LogP contribution in [0.4, 0.5) is 0 Å². The number of alkyl halides is 1. The maximum atomic E-state index is 5.31. The Bertz CT molecular complexity index is 112. The second-order valence-corrected chi connectivity index (χ2v) is 6.96. The molecule has 80 valence electrons. The van der Waals surface area contributed by atoms with Gasteiger partial charge in [0.25, 0.3) is 0 Å².